The van der Waals surface area contributed by atoms with Crippen LogP contribution < -0.4 is 5.73 Å². The van der Waals surface area contributed by atoms with Gasteiger partial charge in [0, 0.05) is 12.1 Å². The normalized spacial score (nSPS) is 26.8. The molecule has 0 bridgehead atoms. The molecule has 0 spiro atoms. The summed E-state index contributed by atoms with van der Waals surface area (Å²) >= 11 is 0. The predicted molar refractivity (Wildman–Crippen MR) is 106 cm³/mol. The molecule has 0 radical (unpaired) electrons. The minimum Gasteiger partial charge on any atom is -0.368 e. The lowest BCUT2D eigenvalue weighted by atomic mass is 9.93. The summed E-state index contributed by atoms with van der Waals surface area (Å²) in [6, 6.07) is 15.3. The van der Waals surface area contributed by atoms with Gasteiger partial charge in [0.15, 0.2) is 0 Å². The second-order valence-corrected chi connectivity index (χ2v) is 8.22. The molecule has 2 N–H and O–H groups in total. The molecular formula is C23H26N2O2. The van der Waals surface area contributed by atoms with E-state index in [1.165, 1.54) is 5.56 Å². The number of carbonyl (C=O) groups is 2. The van der Waals surface area contributed by atoms with E-state index in [4.69, 9.17) is 5.73 Å². The zero-order valence-electron chi connectivity index (χ0n) is 15.9. The van der Waals surface area contributed by atoms with E-state index in [2.05, 4.69) is 6.92 Å². The molecule has 27 heavy (non-hydrogen) atoms. The van der Waals surface area contributed by atoms with E-state index < -0.39 is 6.04 Å². The van der Waals surface area contributed by atoms with Gasteiger partial charge in [-0.2, -0.15) is 0 Å². The van der Waals surface area contributed by atoms with Crippen LogP contribution in [0.1, 0.15) is 35.7 Å². The summed E-state index contributed by atoms with van der Waals surface area (Å²) in [4.78, 5) is 27.4. The van der Waals surface area contributed by atoms with Gasteiger partial charge in [-0.15, -0.1) is 0 Å². The molecule has 2 aromatic carbocycles. The highest BCUT2D eigenvalue weighted by atomic mass is 16.2. The maximum absolute atomic E-state index is 13.5. The molecule has 2 fully saturated rings. The first kappa shape index (κ1) is 17.8. The average molecular weight is 362 g/mol. The molecule has 1 heterocycles. The van der Waals surface area contributed by atoms with E-state index in [1.807, 2.05) is 55.5 Å². The Bertz CT molecular complexity index is 874. The van der Waals surface area contributed by atoms with Crippen LogP contribution in [0, 0.1) is 24.7 Å². The summed E-state index contributed by atoms with van der Waals surface area (Å²) in [5.41, 5.74) is 9.46. The number of rotatable bonds is 3. The smallest absolute Gasteiger partial charge is 0.255 e. The van der Waals surface area contributed by atoms with E-state index in [0.717, 1.165) is 24.0 Å². The molecule has 2 amide bonds. The third-order valence-electron chi connectivity index (χ3n) is 6.23. The van der Waals surface area contributed by atoms with Gasteiger partial charge >= 0.3 is 0 Å². The van der Waals surface area contributed by atoms with Gasteiger partial charge in [-0.1, -0.05) is 55.0 Å². The molecule has 1 aliphatic carbocycles. The van der Waals surface area contributed by atoms with E-state index in [9.17, 15) is 9.59 Å². The fourth-order valence-corrected chi connectivity index (χ4v) is 5.02. The first-order valence-electron chi connectivity index (χ1n) is 9.72. The highest BCUT2D eigenvalue weighted by Crippen LogP contribution is 2.45. The first-order chi connectivity index (χ1) is 13.0. The largest absolute Gasteiger partial charge is 0.368 e. The second kappa shape index (κ2) is 6.84. The summed E-state index contributed by atoms with van der Waals surface area (Å²) in [6.45, 7) is 4.89. The number of aryl methyl sites for hydroxylation is 1. The Morgan fingerprint density at radius 1 is 1.04 bits per heavy atom. The fraction of sp³-hybridized carbons (Fsp3) is 0.391. The third kappa shape index (κ3) is 3.14. The van der Waals surface area contributed by atoms with E-state index in [0.29, 0.717) is 23.9 Å². The number of nitrogens with two attached hydrogens (primary N) is 1. The van der Waals surface area contributed by atoms with Crippen LogP contribution in [0.5, 0.6) is 0 Å². The zero-order chi connectivity index (χ0) is 19.1. The molecule has 140 valence electrons. The molecule has 1 saturated carbocycles. The number of carbonyl (C=O) groups excluding carboxylic acids is 2. The van der Waals surface area contributed by atoms with Gasteiger partial charge < -0.3 is 10.6 Å². The SMILES string of the molecule is Cc1ccc(-c2ccccc2C(=O)N2CC3CC(C)CC3C2C(N)=O)cc1. The molecule has 0 aromatic heterocycles. The topological polar surface area (TPSA) is 63.4 Å². The molecule has 1 aliphatic heterocycles. The van der Waals surface area contributed by atoms with Crippen molar-refractivity contribution in [3.8, 4) is 11.1 Å². The fourth-order valence-electron chi connectivity index (χ4n) is 5.02. The van der Waals surface area contributed by atoms with Crippen LogP contribution in [0.15, 0.2) is 48.5 Å². The Hall–Kier alpha value is -2.62. The minimum absolute atomic E-state index is 0.0861. The van der Waals surface area contributed by atoms with Gasteiger partial charge in [0.1, 0.15) is 6.04 Å². The van der Waals surface area contributed by atoms with Crippen molar-refractivity contribution in [3.63, 3.8) is 0 Å². The van der Waals surface area contributed by atoms with E-state index >= 15 is 0 Å². The molecule has 4 atom stereocenters. The Balaban J connectivity index is 1.69. The summed E-state index contributed by atoms with van der Waals surface area (Å²) in [5, 5.41) is 0. The van der Waals surface area contributed by atoms with E-state index in [-0.39, 0.29) is 17.7 Å². The molecule has 2 aromatic rings. The summed E-state index contributed by atoms with van der Waals surface area (Å²) in [7, 11) is 0. The lowest BCUT2D eigenvalue weighted by molar-refractivity contribution is -0.122. The molecule has 4 heteroatoms. The number of benzene rings is 2. The van der Waals surface area contributed by atoms with Crippen LogP contribution in [0.4, 0.5) is 0 Å². The monoisotopic (exact) mass is 362 g/mol. The van der Waals surface area contributed by atoms with Crippen molar-refractivity contribution in [2.75, 3.05) is 6.54 Å². The van der Waals surface area contributed by atoms with Gasteiger partial charge in [-0.05, 0) is 54.7 Å². The Kier molecular flexibility index (Phi) is 4.50. The Labute approximate surface area is 160 Å². The highest BCUT2D eigenvalue weighted by Gasteiger charge is 2.50. The number of fused-ring (bicyclic) bond motifs is 1. The number of hydrogen-bond donors (Lipinski definition) is 1. The van der Waals surface area contributed by atoms with Gasteiger partial charge in [-0.3, -0.25) is 9.59 Å². The number of primary amides is 1. The van der Waals surface area contributed by atoms with Crippen LogP contribution in [0.3, 0.4) is 0 Å². The van der Waals surface area contributed by atoms with Crippen molar-refractivity contribution < 1.29 is 9.59 Å². The minimum atomic E-state index is -0.487. The van der Waals surface area contributed by atoms with Crippen molar-refractivity contribution >= 4 is 11.8 Å². The predicted octanol–water partition coefficient (Wildman–Crippen LogP) is 3.63. The first-order valence-corrected chi connectivity index (χ1v) is 9.72. The molecule has 4 rings (SSSR count). The highest BCUT2D eigenvalue weighted by molar-refractivity contribution is 6.03. The van der Waals surface area contributed by atoms with Gasteiger partial charge in [-0.25, -0.2) is 0 Å². The third-order valence-corrected chi connectivity index (χ3v) is 6.23. The van der Waals surface area contributed by atoms with Gasteiger partial charge in [0.2, 0.25) is 5.91 Å². The van der Waals surface area contributed by atoms with Crippen molar-refractivity contribution in [2.45, 2.75) is 32.7 Å². The van der Waals surface area contributed by atoms with Crippen molar-refractivity contribution in [1.82, 2.24) is 4.90 Å². The molecule has 1 saturated heterocycles. The molecule has 4 nitrogen and oxygen atoms in total. The van der Waals surface area contributed by atoms with Crippen LogP contribution in [0.25, 0.3) is 11.1 Å². The lowest BCUT2D eigenvalue weighted by Gasteiger charge is -2.27. The number of likely N-dealkylation sites (tertiary alicyclic amines) is 1. The number of nitrogens with zero attached hydrogens (tertiary/aromatic N) is 1. The zero-order valence-corrected chi connectivity index (χ0v) is 15.9. The Morgan fingerprint density at radius 2 is 1.74 bits per heavy atom. The van der Waals surface area contributed by atoms with Gasteiger partial charge in [0.05, 0.1) is 0 Å². The maximum Gasteiger partial charge on any atom is 0.255 e. The van der Waals surface area contributed by atoms with Crippen LogP contribution in [-0.4, -0.2) is 29.3 Å². The summed E-state index contributed by atoms with van der Waals surface area (Å²) < 4.78 is 0. The van der Waals surface area contributed by atoms with Gasteiger partial charge in [0.25, 0.3) is 5.91 Å². The summed E-state index contributed by atoms with van der Waals surface area (Å²) in [5.74, 6) is 0.717. The van der Waals surface area contributed by atoms with Crippen molar-refractivity contribution in [3.05, 3.63) is 59.7 Å². The maximum atomic E-state index is 13.5. The summed E-state index contributed by atoms with van der Waals surface area (Å²) in [6.07, 6.45) is 2.04. The number of amides is 2. The second-order valence-electron chi connectivity index (χ2n) is 8.22. The Morgan fingerprint density at radius 3 is 2.44 bits per heavy atom. The molecular weight excluding hydrogens is 336 g/mol. The molecule has 4 unspecified atom stereocenters. The van der Waals surface area contributed by atoms with Crippen LogP contribution in [0.2, 0.25) is 0 Å². The van der Waals surface area contributed by atoms with Crippen LogP contribution in [-0.2, 0) is 4.79 Å². The van der Waals surface area contributed by atoms with E-state index in [1.54, 1.807) is 4.90 Å². The quantitative estimate of drug-likeness (QED) is 0.906. The van der Waals surface area contributed by atoms with Crippen LogP contribution >= 0.6 is 0 Å². The van der Waals surface area contributed by atoms with Crippen molar-refractivity contribution in [1.29, 1.82) is 0 Å². The lowest BCUT2D eigenvalue weighted by Crippen LogP contribution is -2.46. The molecule has 2 aliphatic rings. The van der Waals surface area contributed by atoms with Crippen molar-refractivity contribution in [2.24, 2.45) is 23.5 Å². The standard InChI is InChI=1S/C23H26N2O2/c1-14-7-9-16(10-8-14)18-5-3-4-6-19(18)23(27)25-13-17-11-15(2)12-20(17)21(25)22(24)26/h3-10,15,17,20-21H,11-13H2,1-2H3,(H2,24,26). The average Bonchev–Trinajstić information content (AvgIpc) is 3.17. The number of hydrogen-bond acceptors (Lipinski definition) is 2.